The average molecular weight is 533 g/mol. The number of esters is 2. The lowest BCUT2D eigenvalue weighted by molar-refractivity contribution is 0.0420. The van der Waals surface area contributed by atoms with Gasteiger partial charge in [-0.1, -0.05) is 84.9 Å². The lowest BCUT2D eigenvalue weighted by Crippen LogP contribution is -2.32. The maximum Gasteiger partial charge on any atom is 0.343 e. The summed E-state index contributed by atoms with van der Waals surface area (Å²) in [5, 5.41) is 15.5. The molecule has 4 aromatic carbocycles. The largest absolute Gasteiger partial charge is 0.507 e. The summed E-state index contributed by atoms with van der Waals surface area (Å²) in [4.78, 5) is 30.7. The molecular weight excluding hydrogens is 504 g/mol. The van der Waals surface area contributed by atoms with Crippen molar-refractivity contribution in [3.8, 4) is 5.75 Å². The van der Waals surface area contributed by atoms with Crippen molar-refractivity contribution in [2.24, 2.45) is 0 Å². The topological polar surface area (TPSA) is 101 Å². The van der Waals surface area contributed by atoms with Crippen molar-refractivity contribution in [3.05, 3.63) is 136 Å². The molecule has 1 unspecified atom stereocenters. The van der Waals surface area contributed by atoms with E-state index in [0.29, 0.717) is 12.1 Å². The number of hydrogen-bond donors (Lipinski definition) is 3. The second kappa shape index (κ2) is 11.1. The van der Waals surface area contributed by atoms with Crippen LogP contribution in [-0.4, -0.2) is 28.6 Å². The molecule has 3 N–H and O–H groups in total. The highest BCUT2D eigenvalue weighted by Crippen LogP contribution is 2.38. The molecule has 0 bridgehead atoms. The molecule has 0 fully saturated rings. The summed E-state index contributed by atoms with van der Waals surface area (Å²) in [6.45, 7) is 0.686. The van der Waals surface area contributed by atoms with Crippen LogP contribution < -0.4 is 5.32 Å². The Balaban J connectivity index is 1.42. The third-order valence-corrected chi connectivity index (χ3v) is 7.22. The first-order chi connectivity index (χ1) is 19.6. The molecule has 1 atom stereocenters. The number of aromatic hydroxyl groups is 1. The van der Waals surface area contributed by atoms with Gasteiger partial charge in [-0.25, -0.2) is 9.59 Å². The number of hydrogen-bond acceptors (Lipinski definition) is 6. The van der Waals surface area contributed by atoms with Gasteiger partial charge in [0.25, 0.3) is 0 Å². The number of nitrogens with one attached hydrogen (secondary N) is 2. The van der Waals surface area contributed by atoms with E-state index in [2.05, 4.69) is 16.4 Å². The average Bonchev–Trinajstić information content (AvgIpc) is 3.39. The zero-order valence-corrected chi connectivity index (χ0v) is 21.7. The maximum atomic E-state index is 13.7. The maximum absolute atomic E-state index is 13.7. The molecule has 0 saturated heterocycles. The molecule has 1 aliphatic rings. The van der Waals surface area contributed by atoms with Crippen molar-refractivity contribution < 1.29 is 24.2 Å². The van der Waals surface area contributed by atoms with Crippen molar-refractivity contribution in [3.63, 3.8) is 0 Å². The smallest absolute Gasteiger partial charge is 0.343 e. The molecule has 0 amide bonds. The number of phenols is 1. The molecule has 2 heterocycles. The van der Waals surface area contributed by atoms with Crippen LogP contribution in [0.3, 0.4) is 0 Å². The Kier molecular flexibility index (Phi) is 7.04. The van der Waals surface area contributed by atoms with E-state index in [1.54, 1.807) is 6.07 Å². The summed E-state index contributed by atoms with van der Waals surface area (Å²) in [7, 11) is 0. The Labute approximate surface area is 231 Å². The number of ether oxygens (including phenoxy) is 2. The van der Waals surface area contributed by atoms with Crippen LogP contribution in [0, 0.1) is 0 Å². The summed E-state index contributed by atoms with van der Waals surface area (Å²) >= 11 is 0. The lowest BCUT2D eigenvalue weighted by Gasteiger charge is -2.27. The quantitative estimate of drug-likeness (QED) is 0.228. The van der Waals surface area contributed by atoms with Gasteiger partial charge in [-0.15, -0.1) is 0 Å². The number of carbonyl (C=O) groups excluding carboxylic acids is 2. The first-order valence-electron chi connectivity index (χ1n) is 13.2. The number of aromatic amines is 1. The second-order valence-electron chi connectivity index (χ2n) is 9.75. The van der Waals surface area contributed by atoms with Crippen molar-refractivity contribution in [1.82, 2.24) is 10.3 Å². The highest BCUT2D eigenvalue weighted by molar-refractivity contribution is 6.06. The van der Waals surface area contributed by atoms with Gasteiger partial charge in [0, 0.05) is 23.1 Å². The number of carbonyl (C=O) groups is 2. The molecule has 1 aliphatic heterocycles. The molecule has 1 aromatic heterocycles. The summed E-state index contributed by atoms with van der Waals surface area (Å²) in [5.41, 5.74) is 4.96. The molecule has 0 saturated carbocycles. The van der Waals surface area contributed by atoms with E-state index in [-0.39, 0.29) is 30.1 Å². The van der Waals surface area contributed by atoms with E-state index in [4.69, 9.17) is 9.47 Å². The molecule has 5 aromatic rings. The van der Waals surface area contributed by atoms with E-state index in [9.17, 15) is 14.7 Å². The molecule has 7 nitrogen and oxygen atoms in total. The third-order valence-electron chi connectivity index (χ3n) is 7.22. The van der Waals surface area contributed by atoms with Crippen LogP contribution in [0.25, 0.3) is 10.9 Å². The molecule has 0 radical (unpaired) electrons. The van der Waals surface area contributed by atoms with Crippen LogP contribution in [0.4, 0.5) is 0 Å². The van der Waals surface area contributed by atoms with Crippen LogP contribution >= 0.6 is 0 Å². The predicted octanol–water partition coefficient (Wildman–Crippen LogP) is 5.82. The minimum absolute atomic E-state index is 0.00428. The Hall–Kier alpha value is -4.88. The van der Waals surface area contributed by atoms with Gasteiger partial charge in [0.15, 0.2) is 0 Å². The summed E-state index contributed by atoms with van der Waals surface area (Å²) in [5.74, 6) is -1.87. The monoisotopic (exact) mass is 532 g/mol. The molecule has 200 valence electrons. The first-order valence-corrected chi connectivity index (χ1v) is 13.2. The molecule has 0 aliphatic carbocycles. The molecular formula is C33H28N2O5. The summed E-state index contributed by atoms with van der Waals surface area (Å²) in [6.07, 6.45) is 0.813. The van der Waals surface area contributed by atoms with E-state index in [1.807, 2.05) is 78.9 Å². The van der Waals surface area contributed by atoms with Gasteiger partial charge in [-0.05, 0) is 40.8 Å². The third kappa shape index (κ3) is 4.95. The fraction of sp³-hybridized carbons (Fsp3) is 0.152. The number of benzene rings is 4. The number of fused-ring (bicyclic) bond motifs is 3. The van der Waals surface area contributed by atoms with Crippen molar-refractivity contribution in [2.75, 3.05) is 6.54 Å². The highest BCUT2D eigenvalue weighted by Gasteiger charge is 2.34. The van der Waals surface area contributed by atoms with Gasteiger partial charge in [-0.3, -0.25) is 0 Å². The van der Waals surface area contributed by atoms with Crippen LogP contribution in [0.15, 0.2) is 97.1 Å². The van der Waals surface area contributed by atoms with Crippen molar-refractivity contribution >= 4 is 22.8 Å². The Bertz CT molecular complexity index is 1680. The second-order valence-corrected chi connectivity index (χ2v) is 9.75. The van der Waals surface area contributed by atoms with Gasteiger partial charge < -0.3 is 24.9 Å². The van der Waals surface area contributed by atoms with E-state index in [1.165, 1.54) is 6.07 Å². The normalized spacial score (nSPS) is 14.4. The lowest BCUT2D eigenvalue weighted by atomic mass is 9.89. The van der Waals surface area contributed by atoms with E-state index >= 15 is 0 Å². The molecule has 7 heteroatoms. The highest BCUT2D eigenvalue weighted by atomic mass is 16.5. The van der Waals surface area contributed by atoms with Gasteiger partial charge in [0.05, 0.1) is 11.6 Å². The Morgan fingerprint density at radius 3 is 2.02 bits per heavy atom. The van der Waals surface area contributed by atoms with Crippen LogP contribution in [0.2, 0.25) is 0 Å². The Morgan fingerprint density at radius 2 is 1.35 bits per heavy atom. The molecule has 40 heavy (non-hydrogen) atoms. The summed E-state index contributed by atoms with van der Waals surface area (Å²) < 4.78 is 11.3. The fourth-order valence-electron chi connectivity index (χ4n) is 5.31. The number of para-hydroxylation sites is 1. The zero-order valence-electron chi connectivity index (χ0n) is 21.7. The zero-order chi connectivity index (χ0) is 27.5. The van der Waals surface area contributed by atoms with Gasteiger partial charge in [-0.2, -0.15) is 0 Å². The van der Waals surface area contributed by atoms with E-state index in [0.717, 1.165) is 39.7 Å². The summed E-state index contributed by atoms with van der Waals surface area (Å²) in [6, 6.07) is 29.3. The number of rotatable bonds is 7. The number of phenolic OH excluding ortho intramolecular Hbond substituents is 1. The minimum Gasteiger partial charge on any atom is -0.507 e. The fourth-order valence-corrected chi connectivity index (χ4v) is 5.31. The Morgan fingerprint density at radius 1 is 0.750 bits per heavy atom. The van der Waals surface area contributed by atoms with Crippen molar-refractivity contribution in [2.45, 2.75) is 25.7 Å². The first kappa shape index (κ1) is 25.4. The van der Waals surface area contributed by atoms with Gasteiger partial charge in [0.1, 0.15) is 24.5 Å². The number of aromatic nitrogens is 1. The minimum atomic E-state index is -0.803. The number of H-pyrrole nitrogens is 1. The van der Waals surface area contributed by atoms with Gasteiger partial charge in [0.2, 0.25) is 0 Å². The van der Waals surface area contributed by atoms with Crippen LogP contribution in [-0.2, 0) is 29.1 Å². The SMILES string of the molecule is O=C(OCc1ccccc1)c1c(O)ccc(C2NCCc3c2[nH]c2ccccc32)c1C(=O)OCc1ccccc1. The molecule has 6 rings (SSSR count). The van der Waals surface area contributed by atoms with Crippen LogP contribution in [0.5, 0.6) is 5.75 Å². The standard InChI is InChI=1S/C33H28N2O5/c36-27-16-15-25(30-31-24(17-18-34-30)23-13-7-8-14-26(23)35-31)28(32(37)39-19-21-9-3-1-4-10-21)29(27)33(38)40-20-22-11-5-2-6-12-22/h1-16,30,34-36H,17-20H2. The van der Waals surface area contributed by atoms with E-state index < -0.39 is 18.0 Å². The molecule has 0 spiro atoms. The van der Waals surface area contributed by atoms with Crippen LogP contribution in [0.1, 0.15) is 54.7 Å². The predicted molar refractivity (Wildman–Crippen MR) is 151 cm³/mol. The van der Waals surface area contributed by atoms with Crippen molar-refractivity contribution in [1.29, 1.82) is 0 Å². The van der Waals surface area contributed by atoms with Gasteiger partial charge >= 0.3 is 11.9 Å².